The van der Waals surface area contributed by atoms with E-state index in [-0.39, 0.29) is 23.4 Å². The van der Waals surface area contributed by atoms with E-state index in [0.717, 1.165) is 36.4 Å². The Balaban J connectivity index is 1.73. The van der Waals surface area contributed by atoms with E-state index in [4.69, 9.17) is 34.8 Å². The smallest absolute Gasteiger partial charge is 0.264 e. The van der Waals surface area contributed by atoms with Crippen molar-refractivity contribution in [1.29, 1.82) is 0 Å². The molecule has 0 spiro atoms. The number of amides is 2. The lowest BCUT2D eigenvalue weighted by molar-refractivity contribution is -0.140. The summed E-state index contributed by atoms with van der Waals surface area (Å²) in [7, 11) is -4.17. The van der Waals surface area contributed by atoms with Crippen molar-refractivity contribution in [1.82, 2.24) is 10.2 Å². The highest BCUT2D eigenvalue weighted by atomic mass is 35.5. The van der Waals surface area contributed by atoms with Crippen LogP contribution >= 0.6 is 34.8 Å². The van der Waals surface area contributed by atoms with Gasteiger partial charge in [-0.2, -0.15) is 0 Å². The van der Waals surface area contributed by atoms with Gasteiger partial charge in [-0.3, -0.25) is 13.9 Å². The average molecular weight is 665 g/mol. The van der Waals surface area contributed by atoms with Gasteiger partial charge in [-0.15, -0.1) is 0 Å². The fourth-order valence-corrected chi connectivity index (χ4v) is 7.48. The van der Waals surface area contributed by atoms with Gasteiger partial charge in [0.2, 0.25) is 11.8 Å². The second-order valence-corrected chi connectivity index (χ2v) is 13.9. The van der Waals surface area contributed by atoms with Gasteiger partial charge in [0.25, 0.3) is 10.0 Å². The Morgan fingerprint density at radius 3 is 2.26 bits per heavy atom. The molecule has 0 heterocycles. The number of benzene rings is 3. The summed E-state index contributed by atoms with van der Waals surface area (Å²) >= 11 is 18.6. The van der Waals surface area contributed by atoms with Crippen LogP contribution in [0.2, 0.25) is 15.1 Å². The van der Waals surface area contributed by atoms with Gasteiger partial charge in [-0.25, -0.2) is 8.42 Å². The maximum absolute atomic E-state index is 14.3. The molecule has 1 aliphatic rings. The molecule has 11 heteroatoms. The SMILES string of the molecule is CCC(C(=O)NC1CCCCC1)N(Cc1ccc(Cl)c(Cl)c1)C(=O)CN(c1ccc(Cl)cc1C)S(=O)(=O)c1ccccc1. The van der Waals surface area contributed by atoms with Gasteiger partial charge in [-0.05, 0) is 79.8 Å². The Kier molecular flexibility index (Phi) is 11.4. The molecular weight excluding hydrogens is 629 g/mol. The van der Waals surface area contributed by atoms with Crippen LogP contribution in [0.25, 0.3) is 0 Å². The zero-order chi connectivity index (χ0) is 31.1. The quantitative estimate of drug-likeness (QED) is 0.231. The molecule has 1 unspecified atom stereocenters. The molecular formula is C32H36Cl3N3O4S. The van der Waals surface area contributed by atoms with E-state index < -0.39 is 28.5 Å². The number of nitrogens with zero attached hydrogens (tertiary/aromatic N) is 2. The summed E-state index contributed by atoms with van der Waals surface area (Å²) in [6.07, 6.45) is 5.34. The van der Waals surface area contributed by atoms with Crippen LogP contribution < -0.4 is 9.62 Å². The minimum atomic E-state index is -4.17. The van der Waals surface area contributed by atoms with Crippen LogP contribution in [0.5, 0.6) is 0 Å². The van der Waals surface area contributed by atoms with Crippen LogP contribution in [-0.4, -0.2) is 43.8 Å². The Bertz CT molecular complexity index is 1550. The van der Waals surface area contributed by atoms with E-state index in [1.807, 2.05) is 6.92 Å². The summed E-state index contributed by atoms with van der Waals surface area (Å²) in [6, 6.07) is 17.0. The second kappa shape index (κ2) is 14.8. The normalized spacial score (nSPS) is 14.6. The standard InChI is InChI=1S/C32H36Cl3N3O4S/c1-3-29(32(40)36-25-10-6-4-7-11-25)37(20-23-14-16-27(34)28(35)19-23)31(39)21-38(30-17-15-24(33)18-22(30)2)43(41,42)26-12-8-5-9-13-26/h5,8-9,12-19,25,29H,3-4,6-7,10-11,20-21H2,1-2H3,(H,36,40). The van der Waals surface area contributed by atoms with Crippen molar-refractivity contribution >= 4 is 62.3 Å². The minimum absolute atomic E-state index is 0.0329. The monoisotopic (exact) mass is 663 g/mol. The molecule has 4 rings (SSSR count). The molecule has 7 nitrogen and oxygen atoms in total. The second-order valence-electron chi connectivity index (χ2n) is 10.8. The van der Waals surface area contributed by atoms with Crippen molar-refractivity contribution in [2.24, 2.45) is 0 Å². The Hall–Kier alpha value is -2.78. The fraction of sp³-hybridized carbons (Fsp3) is 0.375. The highest BCUT2D eigenvalue weighted by Crippen LogP contribution is 2.30. The average Bonchev–Trinajstić information content (AvgIpc) is 2.98. The van der Waals surface area contributed by atoms with Gasteiger partial charge in [0, 0.05) is 17.6 Å². The molecule has 0 aliphatic heterocycles. The fourth-order valence-electron chi connectivity index (χ4n) is 5.43. The number of aryl methyl sites for hydroxylation is 1. The number of halogens is 3. The number of carbonyl (C=O) groups is 2. The van der Waals surface area contributed by atoms with Crippen molar-refractivity contribution < 1.29 is 18.0 Å². The van der Waals surface area contributed by atoms with Crippen molar-refractivity contribution in [3.05, 3.63) is 92.9 Å². The molecule has 230 valence electrons. The Morgan fingerprint density at radius 2 is 1.63 bits per heavy atom. The van der Waals surface area contributed by atoms with Crippen LogP contribution in [0.15, 0.2) is 71.6 Å². The minimum Gasteiger partial charge on any atom is -0.352 e. The van der Waals surface area contributed by atoms with Crippen LogP contribution in [0.3, 0.4) is 0 Å². The van der Waals surface area contributed by atoms with Crippen LogP contribution in [0.1, 0.15) is 56.6 Å². The molecule has 43 heavy (non-hydrogen) atoms. The first-order valence-corrected chi connectivity index (χ1v) is 17.0. The van der Waals surface area contributed by atoms with Crippen LogP contribution in [0.4, 0.5) is 5.69 Å². The predicted molar refractivity (Wildman–Crippen MR) is 173 cm³/mol. The van der Waals surface area contributed by atoms with Gasteiger partial charge in [0.1, 0.15) is 12.6 Å². The summed E-state index contributed by atoms with van der Waals surface area (Å²) < 4.78 is 29.1. The van der Waals surface area contributed by atoms with Crippen molar-refractivity contribution in [3.63, 3.8) is 0 Å². The summed E-state index contributed by atoms with van der Waals surface area (Å²) in [5, 5.41) is 4.26. The molecule has 3 aromatic carbocycles. The van der Waals surface area contributed by atoms with Crippen LogP contribution in [0, 0.1) is 6.92 Å². The van der Waals surface area contributed by atoms with Gasteiger partial charge < -0.3 is 10.2 Å². The molecule has 3 aromatic rings. The summed E-state index contributed by atoms with van der Waals surface area (Å²) in [5.74, 6) is -0.798. The molecule has 0 saturated heterocycles. The van der Waals surface area contributed by atoms with Gasteiger partial charge >= 0.3 is 0 Å². The lowest BCUT2D eigenvalue weighted by atomic mass is 9.95. The first-order valence-electron chi connectivity index (χ1n) is 14.4. The molecule has 0 radical (unpaired) electrons. The first kappa shape index (κ1) is 33.1. The molecule has 2 amide bonds. The third-order valence-electron chi connectivity index (χ3n) is 7.71. The van der Waals surface area contributed by atoms with E-state index in [1.165, 1.54) is 17.0 Å². The maximum Gasteiger partial charge on any atom is 0.264 e. The summed E-state index contributed by atoms with van der Waals surface area (Å²) in [4.78, 5) is 29.4. The number of sulfonamides is 1. The van der Waals surface area contributed by atoms with Gasteiger partial charge in [0.15, 0.2) is 0 Å². The summed E-state index contributed by atoms with van der Waals surface area (Å²) in [5.41, 5.74) is 1.56. The Labute approximate surface area is 269 Å². The van der Waals surface area contributed by atoms with Crippen LogP contribution in [-0.2, 0) is 26.2 Å². The third-order valence-corrected chi connectivity index (χ3v) is 10.5. The lowest BCUT2D eigenvalue weighted by Crippen LogP contribution is -2.54. The lowest BCUT2D eigenvalue weighted by Gasteiger charge is -2.34. The molecule has 1 N–H and O–H groups in total. The molecule has 0 bridgehead atoms. The number of carbonyl (C=O) groups excluding carboxylic acids is 2. The number of anilines is 1. The highest BCUT2D eigenvalue weighted by Gasteiger charge is 2.35. The molecule has 1 saturated carbocycles. The Morgan fingerprint density at radius 1 is 0.930 bits per heavy atom. The zero-order valence-electron chi connectivity index (χ0n) is 24.2. The molecule has 0 aromatic heterocycles. The highest BCUT2D eigenvalue weighted by molar-refractivity contribution is 7.92. The molecule has 1 aliphatic carbocycles. The number of nitrogens with one attached hydrogen (secondary N) is 1. The van der Waals surface area contributed by atoms with E-state index in [9.17, 15) is 18.0 Å². The maximum atomic E-state index is 14.3. The zero-order valence-corrected chi connectivity index (χ0v) is 27.3. The first-order chi connectivity index (χ1) is 20.5. The predicted octanol–water partition coefficient (Wildman–Crippen LogP) is 7.41. The van der Waals surface area contributed by atoms with E-state index in [1.54, 1.807) is 61.5 Å². The molecule has 1 atom stereocenters. The summed E-state index contributed by atoms with van der Waals surface area (Å²) in [6.45, 7) is 3.07. The third kappa shape index (κ3) is 8.24. The number of rotatable bonds is 11. The van der Waals surface area contributed by atoms with E-state index in [0.29, 0.717) is 38.3 Å². The van der Waals surface area contributed by atoms with Crippen molar-refractivity contribution in [2.75, 3.05) is 10.8 Å². The number of hydrogen-bond acceptors (Lipinski definition) is 4. The van der Waals surface area contributed by atoms with Gasteiger partial charge in [-0.1, -0.05) is 85.3 Å². The molecule has 1 fully saturated rings. The largest absolute Gasteiger partial charge is 0.352 e. The number of hydrogen-bond donors (Lipinski definition) is 1. The topological polar surface area (TPSA) is 86.8 Å². The van der Waals surface area contributed by atoms with E-state index in [2.05, 4.69) is 5.32 Å². The van der Waals surface area contributed by atoms with Crippen molar-refractivity contribution in [2.45, 2.75) is 75.9 Å². The van der Waals surface area contributed by atoms with Crippen molar-refractivity contribution in [3.8, 4) is 0 Å². The van der Waals surface area contributed by atoms with E-state index >= 15 is 0 Å². The van der Waals surface area contributed by atoms with Gasteiger partial charge in [0.05, 0.1) is 20.6 Å².